The van der Waals surface area contributed by atoms with Gasteiger partial charge in [-0.1, -0.05) is 23.2 Å². The summed E-state index contributed by atoms with van der Waals surface area (Å²) in [6.45, 7) is 0. The fraction of sp³-hybridized carbons (Fsp3) is 0. The monoisotopic (exact) mass is 218 g/mol. The summed E-state index contributed by atoms with van der Waals surface area (Å²) in [5.74, 6) is -0.102. The Morgan fingerprint density at radius 2 is 1.92 bits per heavy atom. The van der Waals surface area contributed by atoms with Gasteiger partial charge >= 0.3 is 0 Å². The Hall–Kier alpha value is -1.36. The van der Waals surface area contributed by atoms with E-state index in [2.05, 4.69) is 15.0 Å². The molecule has 1 heterocycles. The summed E-state index contributed by atoms with van der Waals surface area (Å²) in [5.41, 5.74) is 19.0. The average Bonchev–Trinajstić information content (AvgIpc) is 2.11. The lowest BCUT2D eigenvalue weighted by atomic mass is 10.4. The predicted molar refractivity (Wildman–Crippen MR) is 51.9 cm³/mol. The number of halogens is 2. The van der Waals surface area contributed by atoms with Crippen LogP contribution in [0, 0.1) is 0 Å². The molecule has 0 radical (unpaired) electrons. The van der Waals surface area contributed by atoms with Gasteiger partial charge in [-0.3, -0.25) is 0 Å². The third-order valence-electron chi connectivity index (χ3n) is 1.26. The van der Waals surface area contributed by atoms with Crippen LogP contribution in [0.25, 0.3) is 10.4 Å². The second-order valence-corrected chi connectivity index (χ2v) is 2.81. The van der Waals surface area contributed by atoms with Crippen LogP contribution >= 0.6 is 23.2 Å². The molecule has 0 aromatic carbocycles. The molecule has 1 aromatic rings. The molecule has 68 valence electrons. The number of nitrogens with two attached hydrogens (primary N) is 2. The van der Waals surface area contributed by atoms with Gasteiger partial charge in [-0.25, -0.2) is 4.98 Å². The summed E-state index contributed by atoms with van der Waals surface area (Å²) < 4.78 is 0. The van der Waals surface area contributed by atoms with E-state index in [0.717, 1.165) is 0 Å². The molecule has 1 aromatic heterocycles. The zero-order chi connectivity index (χ0) is 10.0. The standard InChI is InChI=1S/C5H4Cl2N6/c6-1-3(8)2(7)5(12-13-10)11-4(1)9/h(H4,8,9,11). The molecule has 0 fully saturated rings. The van der Waals surface area contributed by atoms with E-state index in [-0.39, 0.29) is 27.4 Å². The Bertz CT molecular complexity index is 397. The zero-order valence-corrected chi connectivity index (χ0v) is 7.71. The Balaban J connectivity index is 3.49. The molecule has 8 heteroatoms. The molecule has 1 rings (SSSR count). The van der Waals surface area contributed by atoms with Gasteiger partial charge in [0.2, 0.25) is 0 Å². The maximum absolute atomic E-state index is 8.14. The van der Waals surface area contributed by atoms with E-state index in [1.165, 1.54) is 0 Å². The number of pyridine rings is 1. The van der Waals surface area contributed by atoms with Gasteiger partial charge in [-0.05, 0) is 10.6 Å². The van der Waals surface area contributed by atoms with Crippen LogP contribution in [-0.4, -0.2) is 4.98 Å². The fourth-order valence-electron chi connectivity index (χ4n) is 0.676. The number of aromatic nitrogens is 1. The van der Waals surface area contributed by atoms with Crippen LogP contribution in [0.2, 0.25) is 10.0 Å². The van der Waals surface area contributed by atoms with Gasteiger partial charge in [0.05, 0.1) is 10.7 Å². The smallest absolute Gasteiger partial charge is 0.149 e. The predicted octanol–water partition coefficient (Wildman–Crippen LogP) is 2.49. The summed E-state index contributed by atoms with van der Waals surface area (Å²) in [5, 5.41) is 3.24. The molecular formula is C5H4Cl2N6. The summed E-state index contributed by atoms with van der Waals surface area (Å²) in [4.78, 5) is 6.14. The molecule has 0 saturated heterocycles. The van der Waals surface area contributed by atoms with E-state index < -0.39 is 0 Å². The van der Waals surface area contributed by atoms with Gasteiger partial charge in [0.25, 0.3) is 0 Å². The highest BCUT2D eigenvalue weighted by Gasteiger charge is 2.11. The molecule has 13 heavy (non-hydrogen) atoms. The lowest BCUT2D eigenvalue weighted by molar-refractivity contribution is 1.27. The normalized spacial score (nSPS) is 9.38. The van der Waals surface area contributed by atoms with Crippen LogP contribution < -0.4 is 11.5 Å². The van der Waals surface area contributed by atoms with Gasteiger partial charge < -0.3 is 11.5 Å². The van der Waals surface area contributed by atoms with Crippen molar-refractivity contribution in [1.82, 2.24) is 4.98 Å². The first-order chi connectivity index (χ1) is 6.07. The summed E-state index contributed by atoms with van der Waals surface area (Å²) in [6.07, 6.45) is 0. The maximum atomic E-state index is 8.14. The Labute approximate surface area is 83.1 Å². The molecule has 0 atom stereocenters. The molecule has 0 amide bonds. The minimum Gasteiger partial charge on any atom is -0.396 e. The molecule has 0 bridgehead atoms. The van der Waals surface area contributed by atoms with Crippen LogP contribution in [0.4, 0.5) is 17.3 Å². The molecule has 4 N–H and O–H groups in total. The highest BCUT2D eigenvalue weighted by atomic mass is 35.5. The number of rotatable bonds is 1. The number of nitrogen functional groups attached to an aromatic ring is 2. The third kappa shape index (κ3) is 1.70. The van der Waals surface area contributed by atoms with Gasteiger partial charge in [0.15, 0.2) is 0 Å². The van der Waals surface area contributed by atoms with Crippen molar-refractivity contribution in [3.05, 3.63) is 20.5 Å². The Morgan fingerprint density at radius 3 is 2.46 bits per heavy atom. The molecule has 0 aliphatic heterocycles. The van der Waals surface area contributed by atoms with Gasteiger partial charge in [0, 0.05) is 4.91 Å². The zero-order valence-electron chi connectivity index (χ0n) is 6.20. The molecular weight excluding hydrogens is 215 g/mol. The molecule has 0 spiro atoms. The van der Waals surface area contributed by atoms with Crippen molar-refractivity contribution in [3.8, 4) is 0 Å². The van der Waals surface area contributed by atoms with E-state index in [4.69, 9.17) is 40.2 Å². The first-order valence-electron chi connectivity index (χ1n) is 3.03. The van der Waals surface area contributed by atoms with Crippen LogP contribution in [0.3, 0.4) is 0 Å². The van der Waals surface area contributed by atoms with Crippen LogP contribution in [-0.2, 0) is 0 Å². The van der Waals surface area contributed by atoms with Crippen molar-refractivity contribution in [2.24, 2.45) is 5.11 Å². The van der Waals surface area contributed by atoms with Crippen molar-refractivity contribution in [1.29, 1.82) is 0 Å². The highest BCUT2D eigenvalue weighted by Crippen LogP contribution is 2.37. The van der Waals surface area contributed by atoms with E-state index in [1.54, 1.807) is 0 Å². The SMILES string of the molecule is [N-]=[N+]=Nc1nc(N)c(Cl)c(N)c1Cl. The van der Waals surface area contributed by atoms with Crippen molar-refractivity contribution >= 4 is 40.5 Å². The van der Waals surface area contributed by atoms with Gasteiger partial charge in [-0.2, -0.15) is 0 Å². The molecule has 0 saturated carbocycles. The van der Waals surface area contributed by atoms with E-state index in [1.807, 2.05) is 0 Å². The lowest BCUT2D eigenvalue weighted by Gasteiger charge is -2.05. The van der Waals surface area contributed by atoms with Crippen molar-refractivity contribution in [2.75, 3.05) is 11.5 Å². The minimum atomic E-state index is -0.0800. The summed E-state index contributed by atoms with van der Waals surface area (Å²) in [7, 11) is 0. The first kappa shape index (κ1) is 9.73. The Kier molecular flexibility index (Phi) is 2.67. The average molecular weight is 219 g/mol. The molecule has 0 aliphatic carbocycles. The first-order valence-corrected chi connectivity index (χ1v) is 3.78. The van der Waals surface area contributed by atoms with Crippen LogP contribution in [0.15, 0.2) is 5.11 Å². The minimum absolute atomic E-state index is 0.00278. The molecule has 0 aliphatic rings. The number of nitrogens with zero attached hydrogens (tertiary/aromatic N) is 4. The molecule has 0 unspecified atom stereocenters. The van der Waals surface area contributed by atoms with E-state index in [9.17, 15) is 0 Å². The lowest BCUT2D eigenvalue weighted by Crippen LogP contribution is -1.97. The van der Waals surface area contributed by atoms with Gasteiger partial charge in [0.1, 0.15) is 16.7 Å². The van der Waals surface area contributed by atoms with Crippen LogP contribution in [0.1, 0.15) is 0 Å². The number of hydrogen-bond donors (Lipinski definition) is 2. The molecule has 6 nitrogen and oxygen atoms in total. The maximum Gasteiger partial charge on any atom is 0.149 e. The quantitative estimate of drug-likeness (QED) is 0.429. The third-order valence-corrected chi connectivity index (χ3v) is 2.03. The van der Waals surface area contributed by atoms with E-state index >= 15 is 0 Å². The van der Waals surface area contributed by atoms with Crippen molar-refractivity contribution in [3.63, 3.8) is 0 Å². The number of azide groups is 1. The van der Waals surface area contributed by atoms with Crippen LogP contribution in [0.5, 0.6) is 0 Å². The topological polar surface area (TPSA) is 114 Å². The number of hydrogen-bond acceptors (Lipinski definition) is 4. The van der Waals surface area contributed by atoms with E-state index in [0.29, 0.717) is 0 Å². The largest absolute Gasteiger partial charge is 0.396 e. The summed E-state index contributed by atoms with van der Waals surface area (Å²) >= 11 is 11.3. The fourth-order valence-corrected chi connectivity index (χ4v) is 1.04. The second-order valence-electron chi connectivity index (χ2n) is 2.05. The Morgan fingerprint density at radius 1 is 1.31 bits per heavy atom. The highest BCUT2D eigenvalue weighted by molar-refractivity contribution is 6.41. The van der Waals surface area contributed by atoms with Crippen molar-refractivity contribution in [2.45, 2.75) is 0 Å². The summed E-state index contributed by atoms with van der Waals surface area (Å²) in [6, 6.07) is 0. The second kappa shape index (κ2) is 3.57. The van der Waals surface area contributed by atoms with Gasteiger partial charge in [-0.15, -0.1) is 0 Å². The number of anilines is 2. The van der Waals surface area contributed by atoms with Crippen molar-refractivity contribution < 1.29 is 0 Å².